The topological polar surface area (TPSA) is 36.3 Å². The van der Waals surface area contributed by atoms with Gasteiger partial charge in [0, 0.05) is 29.7 Å². The number of nitriles is 1. The van der Waals surface area contributed by atoms with Crippen LogP contribution in [-0.4, -0.2) is 30.7 Å². The van der Waals surface area contributed by atoms with Crippen LogP contribution < -0.4 is 0 Å². The molecule has 0 bridgehead atoms. The normalized spacial score (nSPS) is 21.1. The van der Waals surface area contributed by atoms with E-state index in [0.29, 0.717) is 25.3 Å². The molecule has 2 rings (SSSR count). The van der Waals surface area contributed by atoms with Gasteiger partial charge in [-0.25, -0.2) is 4.39 Å². The maximum atomic E-state index is 13.6. The molecular formula is C12H12BrFN2O. The van der Waals surface area contributed by atoms with Crippen LogP contribution in [-0.2, 0) is 11.3 Å². The number of rotatable bonds is 2. The van der Waals surface area contributed by atoms with Gasteiger partial charge in [-0.05, 0) is 12.1 Å². The molecule has 1 aliphatic heterocycles. The van der Waals surface area contributed by atoms with Crippen molar-refractivity contribution in [3.05, 3.63) is 34.1 Å². The highest BCUT2D eigenvalue weighted by Crippen LogP contribution is 2.18. The molecule has 1 aromatic carbocycles. The van der Waals surface area contributed by atoms with E-state index in [-0.39, 0.29) is 5.82 Å². The minimum atomic E-state index is -0.401. The van der Waals surface area contributed by atoms with Crippen molar-refractivity contribution in [2.75, 3.05) is 19.7 Å². The summed E-state index contributed by atoms with van der Waals surface area (Å²) in [5.74, 6) is -0.223. The number of halogens is 2. The fraction of sp³-hybridized carbons (Fsp3) is 0.417. The average Bonchev–Trinajstić information content (AvgIpc) is 2.33. The van der Waals surface area contributed by atoms with Gasteiger partial charge in [0.1, 0.15) is 5.82 Å². The molecule has 3 nitrogen and oxygen atoms in total. The predicted molar refractivity (Wildman–Crippen MR) is 64.7 cm³/mol. The molecule has 5 heteroatoms. The van der Waals surface area contributed by atoms with Crippen LogP contribution in [0.15, 0.2) is 22.7 Å². The molecule has 1 heterocycles. The molecule has 0 aromatic heterocycles. The van der Waals surface area contributed by atoms with Crippen molar-refractivity contribution in [2.24, 2.45) is 0 Å². The maximum Gasteiger partial charge on any atom is 0.156 e. The second-order valence-corrected chi connectivity index (χ2v) is 4.88. The van der Waals surface area contributed by atoms with Gasteiger partial charge in [-0.2, -0.15) is 5.26 Å². The first-order chi connectivity index (χ1) is 8.19. The summed E-state index contributed by atoms with van der Waals surface area (Å²) < 4.78 is 19.6. The summed E-state index contributed by atoms with van der Waals surface area (Å²) >= 11 is 3.23. The molecule has 0 aliphatic carbocycles. The van der Waals surface area contributed by atoms with Crippen LogP contribution in [0.4, 0.5) is 4.39 Å². The van der Waals surface area contributed by atoms with Gasteiger partial charge in [-0.15, -0.1) is 0 Å². The molecule has 0 radical (unpaired) electrons. The van der Waals surface area contributed by atoms with Crippen molar-refractivity contribution in [3.63, 3.8) is 0 Å². The smallest absolute Gasteiger partial charge is 0.156 e. The molecule has 90 valence electrons. The number of ether oxygens (including phenoxy) is 1. The third-order valence-electron chi connectivity index (χ3n) is 2.70. The van der Waals surface area contributed by atoms with Gasteiger partial charge in [-0.1, -0.05) is 22.0 Å². The van der Waals surface area contributed by atoms with Gasteiger partial charge in [0.25, 0.3) is 0 Å². The van der Waals surface area contributed by atoms with Crippen molar-refractivity contribution in [3.8, 4) is 6.07 Å². The Morgan fingerprint density at radius 1 is 1.59 bits per heavy atom. The lowest BCUT2D eigenvalue weighted by molar-refractivity contribution is -0.00304. The van der Waals surface area contributed by atoms with E-state index in [1.807, 2.05) is 11.0 Å². The summed E-state index contributed by atoms with van der Waals surface area (Å²) in [5, 5.41) is 8.78. The van der Waals surface area contributed by atoms with Gasteiger partial charge >= 0.3 is 0 Å². The zero-order chi connectivity index (χ0) is 12.3. The highest BCUT2D eigenvalue weighted by atomic mass is 79.9. The van der Waals surface area contributed by atoms with E-state index in [1.54, 1.807) is 6.07 Å². The number of hydrogen-bond donors (Lipinski definition) is 0. The third-order valence-corrected chi connectivity index (χ3v) is 3.20. The lowest BCUT2D eigenvalue weighted by Crippen LogP contribution is -2.41. The molecule has 1 fully saturated rings. The molecule has 0 saturated carbocycles. The van der Waals surface area contributed by atoms with Gasteiger partial charge < -0.3 is 4.74 Å². The van der Waals surface area contributed by atoms with Crippen molar-refractivity contribution in [1.82, 2.24) is 4.90 Å². The average molecular weight is 299 g/mol. The lowest BCUT2D eigenvalue weighted by atomic mass is 10.2. The van der Waals surface area contributed by atoms with Crippen molar-refractivity contribution in [1.29, 1.82) is 5.26 Å². The quantitative estimate of drug-likeness (QED) is 0.841. The van der Waals surface area contributed by atoms with Crippen molar-refractivity contribution < 1.29 is 9.13 Å². The fourth-order valence-electron chi connectivity index (χ4n) is 1.82. The summed E-state index contributed by atoms with van der Waals surface area (Å²) in [7, 11) is 0. The first kappa shape index (κ1) is 12.5. The monoisotopic (exact) mass is 298 g/mol. The Labute approximate surface area is 108 Å². The number of nitrogens with zero attached hydrogens (tertiary/aromatic N) is 2. The zero-order valence-electron chi connectivity index (χ0n) is 9.20. The van der Waals surface area contributed by atoms with Gasteiger partial charge in [0.15, 0.2) is 6.10 Å². The predicted octanol–water partition coefficient (Wildman–Crippen LogP) is 2.31. The van der Waals surface area contributed by atoms with E-state index in [2.05, 4.69) is 22.0 Å². The Bertz CT molecular complexity index is 447. The minimum Gasteiger partial charge on any atom is -0.361 e. The molecule has 1 saturated heterocycles. The van der Waals surface area contributed by atoms with Crippen LogP contribution >= 0.6 is 15.9 Å². The molecule has 1 atom stereocenters. The second kappa shape index (κ2) is 5.58. The van der Waals surface area contributed by atoms with Crippen LogP contribution in [0, 0.1) is 17.1 Å². The second-order valence-electron chi connectivity index (χ2n) is 3.96. The Hall–Kier alpha value is -0.960. The minimum absolute atomic E-state index is 0.223. The molecule has 0 spiro atoms. The largest absolute Gasteiger partial charge is 0.361 e. The van der Waals surface area contributed by atoms with E-state index >= 15 is 0 Å². The molecular weight excluding hydrogens is 287 g/mol. The Balaban J connectivity index is 2.03. The molecule has 1 aliphatic rings. The molecule has 1 unspecified atom stereocenters. The highest BCUT2D eigenvalue weighted by molar-refractivity contribution is 9.10. The maximum absolute atomic E-state index is 13.6. The highest BCUT2D eigenvalue weighted by Gasteiger charge is 2.20. The first-order valence-electron chi connectivity index (χ1n) is 5.36. The molecule has 0 amide bonds. The Morgan fingerprint density at radius 3 is 3.12 bits per heavy atom. The molecule has 17 heavy (non-hydrogen) atoms. The Kier molecular flexibility index (Phi) is 4.11. The van der Waals surface area contributed by atoms with Crippen LogP contribution in [0.5, 0.6) is 0 Å². The standard InChI is InChI=1S/C12H12BrFN2O/c13-10-2-1-9(12(14)5-10)7-16-3-4-17-11(6-15)8-16/h1-2,5,11H,3-4,7-8H2. The van der Waals surface area contributed by atoms with E-state index < -0.39 is 6.10 Å². The van der Waals surface area contributed by atoms with Gasteiger partial charge in [0.2, 0.25) is 0 Å². The zero-order valence-corrected chi connectivity index (χ0v) is 10.8. The van der Waals surface area contributed by atoms with Gasteiger partial charge in [0.05, 0.1) is 12.7 Å². The van der Waals surface area contributed by atoms with E-state index in [4.69, 9.17) is 10.00 Å². The summed E-state index contributed by atoms with van der Waals surface area (Å²) in [4.78, 5) is 2.03. The summed E-state index contributed by atoms with van der Waals surface area (Å²) in [5.41, 5.74) is 0.645. The van der Waals surface area contributed by atoms with E-state index in [0.717, 1.165) is 11.0 Å². The van der Waals surface area contributed by atoms with Crippen LogP contribution in [0.3, 0.4) is 0 Å². The number of benzene rings is 1. The van der Waals surface area contributed by atoms with Crippen LogP contribution in [0.2, 0.25) is 0 Å². The van der Waals surface area contributed by atoms with Crippen molar-refractivity contribution >= 4 is 15.9 Å². The van der Waals surface area contributed by atoms with E-state index in [9.17, 15) is 4.39 Å². The molecule has 0 N–H and O–H groups in total. The SMILES string of the molecule is N#CC1CN(Cc2ccc(Br)cc2F)CCO1. The number of hydrogen-bond acceptors (Lipinski definition) is 3. The van der Waals surface area contributed by atoms with Crippen molar-refractivity contribution in [2.45, 2.75) is 12.6 Å². The van der Waals surface area contributed by atoms with Crippen LogP contribution in [0.1, 0.15) is 5.56 Å². The number of morpholine rings is 1. The first-order valence-corrected chi connectivity index (χ1v) is 6.16. The van der Waals surface area contributed by atoms with Gasteiger partial charge in [-0.3, -0.25) is 4.90 Å². The summed E-state index contributed by atoms with van der Waals surface area (Å²) in [6, 6.07) is 7.11. The Morgan fingerprint density at radius 2 is 2.41 bits per heavy atom. The summed E-state index contributed by atoms with van der Waals surface area (Å²) in [6.07, 6.45) is -0.401. The molecule has 1 aromatic rings. The summed E-state index contributed by atoms with van der Waals surface area (Å²) in [6.45, 7) is 2.30. The lowest BCUT2D eigenvalue weighted by Gasteiger charge is -2.29. The van der Waals surface area contributed by atoms with Crippen LogP contribution in [0.25, 0.3) is 0 Å². The third kappa shape index (κ3) is 3.25. The fourth-order valence-corrected chi connectivity index (χ4v) is 2.15. The van der Waals surface area contributed by atoms with E-state index in [1.165, 1.54) is 6.07 Å².